The fourth-order valence-electron chi connectivity index (χ4n) is 6.25. The molecular weight excluding hydrogens is 396 g/mol. The van der Waals surface area contributed by atoms with Gasteiger partial charge in [-0.1, -0.05) is 62.8 Å². The largest absolute Gasteiger partial charge is 0.382 e. The molecule has 2 fully saturated rings. The van der Waals surface area contributed by atoms with Gasteiger partial charge < -0.3 is 9.88 Å². The Balaban J connectivity index is 1.61. The van der Waals surface area contributed by atoms with Crippen molar-refractivity contribution in [3.63, 3.8) is 0 Å². The Kier molecular flexibility index (Phi) is 4.89. The second kappa shape index (κ2) is 7.91. The number of anilines is 1. The number of aromatic nitrogens is 1. The lowest BCUT2D eigenvalue weighted by Gasteiger charge is -2.30. The zero-order valence-corrected chi connectivity index (χ0v) is 18.5. The minimum Gasteiger partial charge on any atom is -0.382 e. The van der Waals surface area contributed by atoms with Gasteiger partial charge in [-0.2, -0.15) is 0 Å². The van der Waals surface area contributed by atoms with Crippen molar-refractivity contribution < 1.29 is 4.79 Å². The first-order chi connectivity index (χ1) is 15.7. The molecule has 0 spiro atoms. The molecule has 2 aromatic carbocycles. The van der Waals surface area contributed by atoms with Crippen molar-refractivity contribution in [2.24, 2.45) is 0 Å². The molecule has 0 amide bonds. The van der Waals surface area contributed by atoms with E-state index in [4.69, 9.17) is 0 Å². The normalized spacial score (nSPS) is 19.2. The molecule has 2 saturated carbocycles. The number of ketones is 1. The molecule has 0 bridgehead atoms. The third kappa shape index (κ3) is 3.11. The number of nitrogens with zero attached hydrogens (tertiary/aromatic N) is 1. The molecule has 3 aliphatic carbocycles. The van der Waals surface area contributed by atoms with Crippen molar-refractivity contribution in [2.75, 3.05) is 5.32 Å². The van der Waals surface area contributed by atoms with E-state index in [-0.39, 0.29) is 17.4 Å². The van der Waals surface area contributed by atoms with Crippen LogP contribution in [0.5, 0.6) is 0 Å². The first-order valence-electron chi connectivity index (χ1n) is 12.4. The van der Waals surface area contributed by atoms with E-state index in [1.807, 2.05) is 28.8 Å². The minimum absolute atomic E-state index is 0.0579. The maximum absolute atomic E-state index is 13.8. The van der Waals surface area contributed by atoms with Gasteiger partial charge in [0.15, 0.2) is 5.78 Å². The van der Waals surface area contributed by atoms with E-state index < -0.39 is 0 Å². The van der Waals surface area contributed by atoms with Crippen LogP contribution < -0.4 is 10.9 Å². The molecule has 1 aromatic heterocycles. The summed E-state index contributed by atoms with van der Waals surface area (Å²) in [6.45, 7) is 0. The Morgan fingerprint density at radius 3 is 2.19 bits per heavy atom. The predicted molar refractivity (Wildman–Crippen MR) is 130 cm³/mol. The molecule has 164 valence electrons. The first-order valence-corrected chi connectivity index (χ1v) is 12.4. The average Bonchev–Trinajstić information content (AvgIpc) is 2.84. The number of carbonyl (C=O) groups excluding carboxylic acids is 1. The molecule has 4 heteroatoms. The number of fused-ring (bicyclic) bond motifs is 2. The summed E-state index contributed by atoms with van der Waals surface area (Å²) in [5.41, 5.74) is 5.17. The number of pyridine rings is 1. The zero-order chi connectivity index (χ0) is 21.7. The van der Waals surface area contributed by atoms with Crippen molar-refractivity contribution in [3.05, 3.63) is 63.9 Å². The zero-order valence-electron chi connectivity index (χ0n) is 18.5. The highest BCUT2D eigenvalue weighted by Gasteiger charge is 2.31. The molecular formula is C28H30N2O2. The Hall–Kier alpha value is -2.88. The second-order valence-electron chi connectivity index (χ2n) is 9.79. The highest BCUT2D eigenvalue weighted by molar-refractivity contribution is 6.28. The van der Waals surface area contributed by atoms with Crippen LogP contribution in [0.4, 0.5) is 5.69 Å². The molecule has 3 aromatic rings. The van der Waals surface area contributed by atoms with Gasteiger partial charge in [-0.25, -0.2) is 0 Å². The minimum atomic E-state index is 0.0579. The summed E-state index contributed by atoms with van der Waals surface area (Å²) in [6, 6.07) is 14.3. The van der Waals surface area contributed by atoms with E-state index in [9.17, 15) is 9.59 Å². The predicted octanol–water partition coefficient (Wildman–Crippen LogP) is 6.46. The van der Waals surface area contributed by atoms with Crippen molar-refractivity contribution in [1.29, 1.82) is 0 Å². The molecule has 1 N–H and O–H groups in total. The molecule has 4 nitrogen and oxygen atoms in total. The average molecular weight is 427 g/mol. The molecule has 0 atom stereocenters. The van der Waals surface area contributed by atoms with Crippen LogP contribution in [0.2, 0.25) is 0 Å². The molecule has 0 unspecified atom stereocenters. The van der Waals surface area contributed by atoms with Gasteiger partial charge in [-0.3, -0.25) is 9.59 Å². The summed E-state index contributed by atoms with van der Waals surface area (Å²) in [5.74, 6) is 0.0749. The third-order valence-electron chi connectivity index (χ3n) is 7.81. The van der Waals surface area contributed by atoms with Gasteiger partial charge in [0.05, 0.1) is 11.1 Å². The molecule has 32 heavy (non-hydrogen) atoms. The number of nitrogens with one attached hydrogen (secondary N) is 1. The van der Waals surface area contributed by atoms with Crippen molar-refractivity contribution in [1.82, 2.24) is 4.57 Å². The highest BCUT2D eigenvalue weighted by Crippen LogP contribution is 2.43. The smallest absolute Gasteiger partial charge is 0.251 e. The van der Waals surface area contributed by atoms with Crippen LogP contribution in [-0.4, -0.2) is 16.4 Å². The number of hydrogen-bond acceptors (Lipinski definition) is 3. The first kappa shape index (κ1) is 19.8. The molecule has 6 rings (SSSR count). The SMILES string of the molecule is O=C1c2ccccc2-c2cc(=O)n(C3CCCCC3)c3ccc(NC4CCCCC4)c1c23. The van der Waals surface area contributed by atoms with Gasteiger partial charge in [0, 0.05) is 34.8 Å². The Bertz CT molecular complexity index is 1260. The molecule has 3 aliphatic rings. The van der Waals surface area contributed by atoms with Crippen LogP contribution in [0, 0.1) is 0 Å². The summed E-state index contributed by atoms with van der Waals surface area (Å²) in [7, 11) is 0. The summed E-state index contributed by atoms with van der Waals surface area (Å²) >= 11 is 0. The van der Waals surface area contributed by atoms with Crippen molar-refractivity contribution >= 4 is 22.4 Å². The summed E-state index contributed by atoms with van der Waals surface area (Å²) in [4.78, 5) is 27.2. The van der Waals surface area contributed by atoms with Gasteiger partial charge in [0.25, 0.3) is 5.56 Å². The Labute approximate surface area is 188 Å². The van der Waals surface area contributed by atoms with E-state index in [1.54, 1.807) is 6.07 Å². The fourth-order valence-corrected chi connectivity index (χ4v) is 6.25. The van der Waals surface area contributed by atoms with Gasteiger partial charge in [-0.15, -0.1) is 0 Å². The van der Waals surface area contributed by atoms with Crippen LogP contribution in [0.1, 0.15) is 86.2 Å². The Morgan fingerprint density at radius 1 is 0.750 bits per heavy atom. The number of rotatable bonds is 3. The van der Waals surface area contributed by atoms with Crippen LogP contribution in [0.3, 0.4) is 0 Å². The topological polar surface area (TPSA) is 51.1 Å². The van der Waals surface area contributed by atoms with Crippen molar-refractivity contribution in [3.8, 4) is 11.1 Å². The summed E-state index contributed by atoms with van der Waals surface area (Å²) in [6.07, 6.45) is 11.7. The summed E-state index contributed by atoms with van der Waals surface area (Å²) < 4.78 is 1.99. The van der Waals surface area contributed by atoms with Crippen LogP contribution in [-0.2, 0) is 0 Å². The van der Waals surface area contributed by atoms with Gasteiger partial charge >= 0.3 is 0 Å². The molecule has 0 aliphatic heterocycles. The number of carbonyl (C=O) groups is 1. The lowest BCUT2D eigenvalue weighted by Crippen LogP contribution is -2.29. The Morgan fingerprint density at radius 2 is 1.44 bits per heavy atom. The number of hydrogen-bond donors (Lipinski definition) is 1. The summed E-state index contributed by atoms with van der Waals surface area (Å²) in [5, 5.41) is 4.68. The lowest BCUT2D eigenvalue weighted by atomic mass is 9.82. The molecule has 0 saturated heterocycles. The highest BCUT2D eigenvalue weighted by atomic mass is 16.1. The van der Waals surface area contributed by atoms with E-state index in [2.05, 4.69) is 17.4 Å². The molecule has 0 radical (unpaired) electrons. The van der Waals surface area contributed by atoms with E-state index in [0.717, 1.165) is 71.8 Å². The van der Waals surface area contributed by atoms with Gasteiger partial charge in [0.2, 0.25) is 0 Å². The van der Waals surface area contributed by atoms with Crippen LogP contribution >= 0.6 is 0 Å². The van der Waals surface area contributed by atoms with Crippen LogP contribution in [0.15, 0.2) is 47.3 Å². The standard InChI is InChI=1S/C28H30N2O2/c31-25-17-22-20-13-7-8-14-21(20)28(32)27-23(29-18-9-3-1-4-10-18)15-16-24(26(22)27)30(25)19-11-5-2-6-12-19/h7-8,13-19,29H,1-6,9-12H2. The monoisotopic (exact) mass is 426 g/mol. The second-order valence-corrected chi connectivity index (χ2v) is 9.79. The molecule has 1 heterocycles. The maximum atomic E-state index is 13.8. The van der Waals surface area contributed by atoms with Crippen molar-refractivity contribution in [2.45, 2.75) is 76.3 Å². The third-order valence-corrected chi connectivity index (χ3v) is 7.81. The van der Waals surface area contributed by atoms with Crippen LogP contribution in [0.25, 0.3) is 22.0 Å². The van der Waals surface area contributed by atoms with E-state index in [1.165, 1.54) is 25.7 Å². The lowest BCUT2D eigenvalue weighted by molar-refractivity contribution is 0.104. The quantitative estimate of drug-likeness (QED) is 0.409. The van der Waals surface area contributed by atoms with E-state index >= 15 is 0 Å². The fraction of sp³-hybridized carbons (Fsp3) is 0.429. The maximum Gasteiger partial charge on any atom is 0.251 e. The van der Waals surface area contributed by atoms with Gasteiger partial charge in [0.1, 0.15) is 0 Å². The number of benzene rings is 2. The van der Waals surface area contributed by atoms with Gasteiger partial charge in [-0.05, 0) is 48.9 Å². The van der Waals surface area contributed by atoms with E-state index in [0.29, 0.717) is 11.6 Å².